The van der Waals surface area contributed by atoms with Crippen molar-refractivity contribution in [3.05, 3.63) is 96.1 Å². The quantitative estimate of drug-likeness (QED) is 0.258. The molecule has 3 N–H and O–H groups in total. The van der Waals surface area contributed by atoms with E-state index in [0.29, 0.717) is 18.6 Å². The number of para-hydroxylation sites is 2. The number of hydrogen-bond donors (Lipinski definition) is 3. The molecule has 0 spiro atoms. The number of nitrogens with zero attached hydrogens (tertiary/aromatic N) is 1. The number of fused-ring (bicyclic) bond motifs is 2. The highest BCUT2D eigenvalue weighted by atomic mass is 16.5. The number of carbonyl (C=O) groups excluding carboxylic acids is 2. The number of carbonyl (C=O) groups is 2. The second-order valence-electron chi connectivity index (χ2n) is 8.97. The minimum absolute atomic E-state index is 0.179. The van der Waals surface area contributed by atoms with E-state index in [1.807, 2.05) is 48.5 Å². The fourth-order valence-electron chi connectivity index (χ4n) is 4.37. The zero-order valence-electron chi connectivity index (χ0n) is 20.6. The van der Waals surface area contributed by atoms with E-state index < -0.39 is 5.91 Å². The summed E-state index contributed by atoms with van der Waals surface area (Å²) in [5.74, 6) is -0.0851. The number of aromatic amines is 1. The van der Waals surface area contributed by atoms with Crippen LogP contribution in [0.5, 0.6) is 5.75 Å². The highest BCUT2D eigenvalue weighted by Gasteiger charge is 2.16. The van der Waals surface area contributed by atoms with Crippen LogP contribution in [0.1, 0.15) is 24.0 Å². The number of ether oxygens (including phenoxy) is 1. The van der Waals surface area contributed by atoms with Crippen molar-refractivity contribution in [1.29, 1.82) is 0 Å². The average molecular weight is 493 g/mol. The molecular formula is C30H28N4O3. The molecule has 5 aromatic rings. The van der Waals surface area contributed by atoms with Gasteiger partial charge in [-0.25, -0.2) is 4.98 Å². The van der Waals surface area contributed by atoms with Crippen LogP contribution < -0.4 is 15.6 Å². The molecule has 2 amide bonds. The lowest BCUT2D eigenvalue weighted by atomic mass is 10.0. The summed E-state index contributed by atoms with van der Waals surface area (Å²) in [7, 11) is 0. The van der Waals surface area contributed by atoms with Crippen molar-refractivity contribution >= 4 is 33.6 Å². The summed E-state index contributed by atoms with van der Waals surface area (Å²) in [5, 5.41) is 2.23. The third kappa shape index (κ3) is 5.78. The van der Waals surface area contributed by atoms with Crippen molar-refractivity contribution in [3.8, 4) is 17.1 Å². The topological polar surface area (TPSA) is 96.1 Å². The van der Waals surface area contributed by atoms with Crippen molar-refractivity contribution in [3.63, 3.8) is 0 Å². The summed E-state index contributed by atoms with van der Waals surface area (Å²) < 4.78 is 5.39. The summed E-state index contributed by atoms with van der Waals surface area (Å²) in [4.78, 5) is 32.8. The largest absolute Gasteiger partial charge is 0.484 e. The Labute approximate surface area is 214 Å². The Morgan fingerprint density at radius 3 is 2.54 bits per heavy atom. The predicted molar refractivity (Wildman–Crippen MR) is 145 cm³/mol. The third-order valence-electron chi connectivity index (χ3n) is 6.20. The van der Waals surface area contributed by atoms with Gasteiger partial charge >= 0.3 is 0 Å². The van der Waals surface area contributed by atoms with Gasteiger partial charge in [-0.3, -0.25) is 20.4 Å². The smallest absolute Gasteiger partial charge is 0.276 e. The van der Waals surface area contributed by atoms with Gasteiger partial charge in [0, 0.05) is 22.7 Å². The van der Waals surface area contributed by atoms with E-state index in [1.54, 1.807) is 12.1 Å². The molecule has 5 rings (SSSR count). The molecule has 7 nitrogen and oxygen atoms in total. The van der Waals surface area contributed by atoms with Crippen LogP contribution in [0, 0.1) is 6.92 Å². The van der Waals surface area contributed by atoms with E-state index in [2.05, 4.69) is 47.0 Å². The molecule has 0 saturated carbocycles. The second kappa shape index (κ2) is 11.0. The molecule has 0 atom stereocenters. The highest BCUT2D eigenvalue weighted by molar-refractivity contribution is 5.92. The molecule has 0 bridgehead atoms. The Kier molecular flexibility index (Phi) is 7.12. The van der Waals surface area contributed by atoms with Crippen molar-refractivity contribution < 1.29 is 14.3 Å². The maximum Gasteiger partial charge on any atom is 0.276 e. The standard InChI is InChI=1S/C30H28N4O3/c1-20-14-16-26-24(18-20)23(30(32-26)27-17-15-21-8-5-6-12-25(21)31-27)11-7-13-28(35)33-34-29(36)19-37-22-9-3-2-4-10-22/h2-6,8-10,12,14-18,32H,7,11,13,19H2,1H3,(H,33,35)(H,34,36). The molecule has 0 saturated heterocycles. The number of hydrazine groups is 1. The lowest BCUT2D eigenvalue weighted by Gasteiger charge is -2.09. The molecule has 37 heavy (non-hydrogen) atoms. The monoisotopic (exact) mass is 492 g/mol. The van der Waals surface area contributed by atoms with Crippen LogP contribution in [-0.4, -0.2) is 28.4 Å². The number of aryl methyl sites for hydroxylation is 2. The molecule has 2 heterocycles. The van der Waals surface area contributed by atoms with E-state index in [-0.39, 0.29) is 18.9 Å². The van der Waals surface area contributed by atoms with Gasteiger partial charge in [-0.2, -0.15) is 0 Å². The Morgan fingerprint density at radius 2 is 1.68 bits per heavy atom. The molecule has 0 fully saturated rings. The Hall–Kier alpha value is -4.65. The van der Waals surface area contributed by atoms with Gasteiger partial charge in [-0.15, -0.1) is 0 Å². The van der Waals surface area contributed by atoms with Crippen LogP contribution in [0.2, 0.25) is 0 Å². The average Bonchev–Trinajstić information content (AvgIpc) is 3.28. The normalized spacial score (nSPS) is 10.9. The third-order valence-corrected chi connectivity index (χ3v) is 6.20. The summed E-state index contributed by atoms with van der Waals surface area (Å²) in [5.41, 5.74) is 11.0. The first-order valence-electron chi connectivity index (χ1n) is 12.3. The zero-order valence-corrected chi connectivity index (χ0v) is 20.6. The number of pyridine rings is 1. The summed E-state index contributed by atoms with van der Waals surface area (Å²) in [6.07, 6.45) is 1.57. The zero-order chi connectivity index (χ0) is 25.6. The van der Waals surface area contributed by atoms with Gasteiger partial charge in [0.05, 0.1) is 16.9 Å². The lowest BCUT2D eigenvalue weighted by molar-refractivity contribution is -0.130. The summed E-state index contributed by atoms with van der Waals surface area (Å²) in [6.45, 7) is 1.89. The number of nitrogens with one attached hydrogen (secondary N) is 3. The SMILES string of the molecule is Cc1ccc2[nH]c(-c3ccc4ccccc4n3)c(CCCC(=O)NNC(=O)COc3ccccc3)c2c1. The van der Waals surface area contributed by atoms with Gasteiger partial charge in [0.2, 0.25) is 5.91 Å². The molecule has 0 unspecified atom stereocenters. The molecule has 0 aliphatic carbocycles. The van der Waals surface area contributed by atoms with Crippen LogP contribution in [0.3, 0.4) is 0 Å². The minimum atomic E-state index is -0.422. The molecule has 3 aromatic carbocycles. The number of rotatable bonds is 8. The van der Waals surface area contributed by atoms with Crippen LogP contribution >= 0.6 is 0 Å². The predicted octanol–water partition coefficient (Wildman–Crippen LogP) is 5.24. The van der Waals surface area contributed by atoms with Gasteiger partial charge in [0.15, 0.2) is 6.61 Å². The number of aromatic nitrogens is 2. The molecule has 0 aliphatic rings. The number of amides is 2. The van der Waals surface area contributed by atoms with Crippen LogP contribution in [0.15, 0.2) is 84.9 Å². The molecule has 0 radical (unpaired) electrons. The summed E-state index contributed by atoms with van der Waals surface area (Å²) >= 11 is 0. The van der Waals surface area contributed by atoms with Crippen LogP contribution in [0.4, 0.5) is 0 Å². The van der Waals surface area contributed by atoms with Gasteiger partial charge in [0.25, 0.3) is 5.91 Å². The number of hydrogen-bond acceptors (Lipinski definition) is 4. The fourth-order valence-corrected chi connectivity index (χ4v) is 4.37. The Balaban J connectivity index is 1.23. The van der Waals surface area contributed by atoms with Crippen molar-refractivity contribution in [2.75, 3.05) is 6.61 Å². The van der Waals surface area contributed by atoms with E-state index >= 15 is 0 Å². The molecule has 2 aromatic heterocycles. The van der Waals surface area contributed by atoms with Gasteiger partial charge in [-0.05, 0) is 61.7 Å². The summed E-state index contributed by atoms with van der Waals surface area (Å²) in [6, 6.07) is 27.5. The fraction of sp³-hybridized carbons (Fsp3) is 0.167. The Morgan fingerprint density at radius 1 is 0.892 bits per heavy atom. The Bertz CT molecular complexity index is 1560. The first kappa shape index (κ1) is 24.1. The molecular weight excluding hydrogens is 464 g/mol. The first-order valence-corrected chi connectivity index (χ1v) is 12.3. The van der Waals surface area contributed by atoms with E-state index in [4.69, 9.17) is 9.72 Å². The maximum atomic E-state index is 12.4. The van der Waals surface area contributed by atoms with Gasteiger partial charge in [0.1, 0.15) is 5.75 Å². The maximum absolute atomic E-state index is 12.4. The molecule has 0 aliphatic heterocycles. The van der Waals surface area contributed by atoms with Gasteiger partial charge < -0.3 is 9.72 Å². The van der Waals surface area contributed by atoms with Crippen LogP contribution in [-0.2, 0) is 16.0 Å². The lowest BCUT2D eigenvalue weighted by Crippen LogP contribution is -2.43. The first-order chi connectivity index (χ1) is 18.1. The second-order valence-corrected chi connectivity index (χ2v) is 8.97. The van der Waals surface area contributed by atoms with Crippen LogP contribution in [0.25, 0.3) is 33.2 Å². The molecule has 186 valence electrons. The van der Waals surface area contributed by atoms with E-state index in [1.165, 1.54) is 5.56 Å². The number of H-pyrrole nitrogens is 1. The van der Waals surface area contributed by atoms with Crippen molar-refractivity contribution in [2.24, 2.45) is 0 Å². The van der Waals surface area contributed by atoms with E-state index in [9.17, 15) is 9.59 Å². The minimum Gasteiger partial charge on any atom is -0.484 e. The van der Waals surface area contributed by atoms with Crippen molar-refractivity contribution in [1.82, 2.24) is 20.8 Å². The molecule has 7 heteroatoms. The van der Waals surface area contributed by atoms with Gasteiger partial charge in [-0.1, -0.05) is 54.1 Å². The van der Waals surface area contributed by atoms with E-state index in [0.717, 1.165) is 38.8 Å². The van der Waals surface area contributed by atoms with Crippen molar-refractivity contribution in [2.45, 2.75) is 26.2 Å². The highest BCUT2D eigenvalue weighted by Crippen LogP contribution is 2.32. The number of benzene rings is 3.